The Morgan fingerprint density at radius 3 is 2.21 bits per heavy atom. The number of halogens is 1. The van der Waals surface area contributed by atoms with Crippen LogP contribution in [0.2, 0.25) is 5.02 Å². The van der Waals surface area contributed by atoms with Crippen LogP contribution in [-0.2, 0) is 4.79 Å². The summed E-state index contributed by atoms with van der Waals surface area (Å²) < 4.78 is 1.61. The van der Waals surface area contributed by atoms with Gasteiger partial charge in [-0.1, -0.05) is 55.3 Å². The minimum atomic E-state index is -0.249. The monoisotopic (exact) mass is 395 g/mol. The lowest BCUT2D eigenvalue weighted by atomic mass is 10.0. The topological polar surface area (TPSA) is 64.0 Å². The molecule has 5 nitrogen and oxygen atoms in total. The largest absolute Gasteiger partial charge is 0.310 e. The lowest BCUT2D eigenvalue weighted by molar-refractivity contribution is -0.118. The lowest BCUT2D eigenvalue weighted by Crippen LogP contribution is -2.26. The average molecular weight is 396 g/mol. The third-order valence-corrected chi connectivity index (χ3v) is 4.68. The molecule has 0 aliphatic rings. The summed E-state index contributed by atoms with van der Waals surface area (Å²) in [7, 11) is 0. The van der Waals surface area contributed by atoms with Gasteiger partial charge < -0.3 is 5.32 Å². The predicted molar refractivity (Wildman–Crippen MR) is 113 cm³/mol. The summed E-state index contributed by atoms with van der Waals surface area (Å²) in [6, 6.07) is 14.7. The van der Waals surface area contributed by atoms with Gasteiger partial charge in [0.25, 0.3) is 0 Å². The maximum Gasteiger partial charge on any atom is 0.228 e. The van der Waals surface area contributed by atoms with E-state index >= 15 is 0 Å². The number of carbonyl (C=O) groups is 1. The van der Waals surface area contributed by atoms with Crippen molar-refractivity contribution < 1.29 is 4.79 Å². The standard InChI is InChI=1S/C22H22ClN3O2/c1-13(2)22(28)24-21-19(16-7-9-17(23)10-8-16)20(27)15(4)25-26(21)18-11-5-14(3)6-12-18/h5-13H,1-4H3,(H,24,28). The molecular weight excluding hydrogens is 374 g/mol. The van der Waals surface area contributed by atoms with Crippen LogP contribution in [0.5, 0.6) is 0 Å². The van der Waals surface area contributed by atoms with E-state index in [-0.39, 0.29) is 17.3 Å². The van der Waals surface area contributed by atoms with E-state index in [4.69, 9.17) is 11.6 Å². The van der Waals surface area contributed by atoms with Crippen molar-refractivity contribution in [3.63, 3.8) is 0 Å². The fraction of sp³-hybridized carbons (Fsp3) is 0.227. The van der Waals surface area contributed by atoms with E-state index in [0.29, 0.717) is 27.7 Å². The molecule has 1 N–H and O–H groups in total. The summed E-state index contributed by atoms with van der Waals surface area (Å²) in [6.45, 7) is 7.26. The Labute approximate surface area is 169 Å². The minimum Gasteiger partial charge on any atom is -0.310 e. The second-order valence-electron chi connectivity index (χ2n) is 7.04. The van der Waals surface area contributed by atoms with Crippen molar-refractivity contribution in [2.75, 3.05) is 5.32 Å². The summed E-state index contributed by atoms with van der Waals surface area (Å²) in [5.74, 6) is -0.0949. The van der Waals surface area contributed by atoms with Gasteiger partial charge in [0, 0.05) is 10.9 Å². The summed E-state index contributed by atoms with van der Waals surface area (Å²) in [4.78, 5) is 25.5. The molecule has 3 aromatic rings. The predicted octanol–water partition coefficient (Wildman–Crippen LogP) is 4.76. The van der Waals surface area contributed by atoms with Crippen molar-refractivity contribution in [3.05, 3.63) is 75.0 Å². The van der Waals surface area contributed by atoms with Crippen LogP contribution in [0.15, 0.2) is 53.3 Å². The number of benzene rings is 2. The molecule has 6 heteroatoms. The fourth-order valence-corrected chi connectivity index (χ4v) is 2.90. The van der Waals surface area contributed by atoms with Gasteiger partial charge in [-0.3, -0.25) is 9.59 Å². The molecule has 0 saturated carbocycles. The Kier molecular flexibility index (Phi) is 5.66. The van der Waals surface area contributed by atoms with E-state index in [0.717, 1.165) is 11.3 Å². The Morgan fingerprint density at radius 2 is 1.64 bits per heavy atom. The minimum absolute atomic E-state index is 0.193. The van der Waals surface area contributed by atoms with Crippen LogP contribution in [0.3, 0.4) is 0 Å². The highest BCUT2D eigenvalue weighted by atomic mass is 35.5. The molecule has 0 spiro atoms. The molecule has 1 heterocycles. The van der Waals surface area contributed by atoms with Crippen molar-refractivity contribution in [3.8, 4) is 16.8 Å². The summed E-state index contributed by atoms with van der Waals surface area (Å²) in [5, 5.41) is 7.92. The number of hydrogen-bond donors (Lipinski definition) is 1. The number of rotatable bonds is 4. The number of aryl methyl sites for hydroxylation is 2. The molecule has 0 saturated heterocycles. The van der Waals surface area contributed by atoms with Crippen LogP contribution in [0, 0.1) is 19.8 Å². The molecule has 144 valence electrons. The molecule has 0 radical (unpaired) electrons. The first kappa shape index (κ1) is 19.8. The van der Waals surface area contributed by atoms with Crippen LogP contribution in [0.25, 0.3) is 16.8 Å². The first-order chi connectivity index (χ1) is 13.3. The SMILES string of the molecule is Cc1ccc(-n2nc(C)c(=O)c(-c3ccc(Cl)cc3)c2NC(=O)C(C)C)cc1. The molecule has 3 rings (SSSR count). The summed E-state index contributed by atoms with van der Waals surface area (Å²) >= 11 is 6.01. The Balaban J connectivity index is 2.32. The second-order valence-corrected chi connectivity index (χ2v) is 7.47. The van der Waals surface area contributed by atoms with Crippen molar-refractivity contribution >= 4 is 23.3 Å². The number of carbonyl (C=O) groups excluding carboxylic acids is 1. The lowest BCUT2D eigenvalue weighted by Gasteiger charge is -2.19. The van der Waals surface area contributed by atoms with Gasteiger partial charge in [0.05, 0.1) is 11.3 Å². The van der Waals surface area contributed by atoms with Gasteiger partial charge >= 0.3 is 0 Å². The van der Waals surface area contributed by atoms with Crippen molar-refractivity contribution in [1.29, 1.82) is 0 Å². The van der Waals surface area contributed by atoms with E-state index in [1.165, 1.54) is 0 Å². The van der Waals surface area contributed by atoms with Crippen molar-refractivity contribution in [1.82, 2.24) is 9.78 Å². The first-order valence-corrected chi connectivity index (χ1v) is 9.43. The Hall–Kier alpha value is -2.92. The number of hydrogen-bond acceptors (Lipinski definition) is 3. The van der Waals surface area contributed by atoms with E-state index in [1.54, 1.807) is 49.7 Å². The average Bonchev–Trinajstić information content (AvgIpc) is 2.66. The number of amides is 1. The molecule has 0 atom stereocenters. The number of aromatic nitrogens is 2. The fourth-order valence-electron chi connectivity index (χ4n) is 2.77. The third kappa shape index (κ3) is 3.99. The van der Waals surface area contributed by atoms with Gasteiger partial charge in [-0.15, -0.1) is 0 Å². The van der Waals surface area contributed by atoms with Gasteiger partial charge in [0.1, 0.15) is 11.5 Å². The molecule has 28 heavy (non-hydrogen) atoms. The van der Waals surface area contributed by atoms with E-state index in [2.05, 4.69) is 10.4 Å². The number of nitrogens with zero attached hydrogens (tertiary/aromatic N) is 2. The maximum atomic E-state index is 13.0. The van der Waals surface area contributed by atoms with Crippen LogP contribution < -0.4 is 10.7 Å². The number of anilines is 1. The third-order valence-electron chi connectivity index (χ3n) is 4.43. The summed E-state index contributed by atoms with van der Waals surface area (Å²) in [5.41, 5.74) is 3.02. The zero-order valence-corrected chi connectivity index (χ0v) is 17.0. The zero-order chi connectivity index (χ0) is 20.4. The van der Waals surface area contributed by atoms with E-state index in [9.17, 15) is 9.59 Å². The van der Waals surface area contributed by atoms with Crippen LogP contribution in [0.1, 0.15) is 25.1 Å². The first-order valence-electron chi connectivity index (χ1n) is 9.05. The normalized spacial score (nSPS) is 10.9. The van der Waals surface area contributed by atoms with Crippen LogP contribution >= 0.6 is 11.6 Å². The Bertz CT molecular complexity index is 1070. The smallest absolute Gasteiger partial charge is 0.228 e. The molecule has 1 aromatic heterocycles. The highest BCUT2D eigenvalue weighted by Gasteiger charge is 2.21. The molecule has 0 aliphatic heterocycles. The molecule has 1 amide bonds. The maximum absolute atomic E-state index is 13.0. The quantitative estimate of drug-likeness (QED) is 0.692. The van der Waals surface area contributed by atoms with Crippen LogP contribution in [0.4, 0.5) is 5.82 Å². The Morgan fingerprint density at radius 1 is 1.04 bits per heavy atom. The number of nitrogens with one attached hydrogen (secondary N) is 1. The van der Waals surface area contributed by atoms with E-state index in [1.807, 2.05) is 31.2 Å². The highest BCUT2D eigenvalue weighted by Crippen LogP contribution is 2.28. The molecule has 0 aliphatic carbocycles. The van der Waals surface area contributed by atoms with Crippen molar-refractivity contribution in [2.24, 2.45) is 5.92 Å². The van der Waals surface area contributed by atoms with Gasteiger partial charge in [0.15, 0.2) is 0 Å². The molecule has 0 bridgehead atoms. The molecule has 2 aromatic carbocycles. The molecule has 0 unspecified atom stereocenters. The molecule has 0 fully saturated rings. The van der Waals surface area contributed by atoms with Gasteiger partial charge in [-0.05, 0) is 43.7 Å². The molecular formula is C22H22ClN3O2. The van der Waals surface area contributed by atoms with Gasteiger partial charge in [-0.25, -0.2) is 4.68 Å². The summed E-state index contributed by atoms with van der Waals surface area (Å²) in [6.07, 6.45) is 0. The van der Waals surface area contributed by atoms with Crippen molar-refractivity contribution in [2.45, 2.75) is 27.7 Å². The van der Waals surface area contributed by atoms with Crippen LogP contribution in [-0.4, -0.2) is 15.7 Å². The second kappa shape index (κ2) is 7.98. The van der Waals surface area contributed by atoms with E-state index < -0.39 is 0 Å². The van der Waals surface area contributed by atoms with Gasteiger partial charge in [0.2, 0.25) is 11.3 Å². The highest BCUT2D eigenvalue weighted by molar-refractivity contribution is 6.30. The van der Waals surface area contributed by atoms with Gasteiger partial charge in [-0.2, -0.15) is 5.10 Å². The zero-order valence-electron chi connectivity index (χ0n) is 16.3.